The Hall–Kier alpha value is -1.73. The second-order valence-electron chi connectivity index (χ2n) is 4.18. The highest BCUT2D eigenvalue weighted by atomic mass is 35.5. The number of hydrogen-bond donors (Lipinski definition) is 1. The third-order valence-corrected chi connectivity index (χ3v) is 3.43. The SMILES string of the molecule is CCC1C(=O)NCCN1c1ccc(C#N)c(Cl)c1. The van der Waals surface area contributed by atoms with Gasteiger partial charge in [0.15, 0.2) is 0 Å². The Morgan fingerprint density at radius 1 is 1.61 bits per heavy atom. The van der Waals surface area contributed by atoms with E-state index in [-0.39, 0.29) is 11.9 Å². The standard InChI is InChI=1S/C13H14ClN3O/c1-2-12-13(18)16-5-6-17(12)10-4-3-9(8-15)11(14)7-10/h3-4,7,12H,2,5-6H2,1H3,(H,16,18). The number of piperazine rings is 1. The quantitative estimate of drug-likeness (QED) is 0.887. The number of nitrogens with zero attached hydrogens (tertiary/aromatic N) is 2. The summed E-state index contributed by atoms with van der Waals surface area (Å²) in [6, 6.07) is 7.15. The maximum atomic E-state index is 11.8. The largest absolute Gasteiger partial charge is 0.358 e. The molecular weight excluding hydrogens is 250 g/mol. The lowest BCUT2D eigenvalue weighted by molar-refractivity contribution is -0.123. The Morgan fingerprint density at radius 3 is 3.00 bits per heavy atom. The van der Waals surface area contributed by atoms with Crippen molar-refractivity contribution in [2.45, 2.75) is 19.4 Å². The van der Waals surface area contributed by atoms with Crippen molar-refractivity contribution in [1.82, 2.24) is 5.32 Å². The van der Waals surface area contributed by atoms with Gasteiger partial charge in [-0.2, -0.15) is 5.26 Å². The molecule has 2 rings (SSSR count). The molecule has 5 heteroatoms. The Kier molecular flexibility index (Phi) is 3.73. The van der Waals surface area contributed by atoms with E-state index in [1.807, 2.05) is 24.0 Å². The van der Waals surface area contributed by atoms with E-state index in [0.29, 0.717) is 17.1 Å². The minimum Gasteiger partial charge on any atom is -0.358 e. The number of anilines is 1. The second kappa shape index (κ2) is 5.28. The van der Waals surface area contributed by atoms with Crippen molar-refractivity contribution >= 4 is 23.2 Å². The van der Waals surface area contributed by atoms with Gasteiger partial charge < -0.3 is 10.2 Å². The molecule has 1 unspecified atom stereocenters. The highest BCUT2D eigenvalue weighted by molar-refractivity contribution is 6.32. The van der Waals surface area contributed by atoms with Gasteiger partial charge in [-0.25, -0.2) is 0 Å². The number of benzene rings is 1. The number of rotatable bonds is 2. The first kappa shape index (κ1) is 12.7. The lowest BCUT2D eigenvalue weighted by atomic mass is 10.1. The molecule has 1 N–H and O–H groups in total. The van der Waals surface area contributed by atoms with Crippen LogP contribution in [0.15, 0.2) is 18.2 Å². The van der Waals surface area contributed by atoms with Crippen LogP contribution in [-0.2, 0) is 4.79 Å². The molecule has 1 heterocycles. The highest BCUT2D eigenvalue weighted by Crippen LogP contribution is 2.26. The summed E-state index contributed by atoms with van der Waals surface area (Å²) in [4.78, 5) is 13.8. The zero-order valence-electron chi connectivity index (χ0n) is 10.1. The molecule has 1 saturated heterocycles. The fraction of sp³-hybridized carbons (Fsp3) is 0.385. The van der Waals surface area contributed by atoms with E-state index in [4.69, 9.17) is 16.9 Å². The predicted octanol–water partition coefficient (Wildman–Crippen LogP) is 1.93. The van der Waals surface area contributed by atoms with E-state index in [1.165, 1.54) is 0 Å². The number of halogens is 1. The Balaban J connectivity index is 2.32. The van der Waals surface area contributed by atoms with Crippen LogP contribution in [0.4, 0.5) is 5.69 Å². The van der Waals surface area contributed by atoms with Crippen LogP contribution < -0.4 is 10.2 Å². The van der Waals surface area contributed by atoms with Crippen LogP contribution in [-0.4, -0.2) is 25.0 Å². The van der Waals surface area contributed by atoms with Gasteiger partial charge in [0.25, 0.3) is 0 Å². The third kappa shape index (κ3) is 2.27. The van der Waals surface area contributed by atoms with E-state index in [9.17, 15) is 4.79 Å². The van der Waals surface area contributed by atoms with Gasteiger partial charge >= 0.3 is 0 Å². The Bertz CT molecular complexity index is 509. The Morgan fingerprint density at radius 2 is 2.39 bits per heavy atom. The molecule has 0 radical (unpaired) electrons. The molecule has 1 fully saturated rings. The van der Waals surface area contributed by atoms with Gasteiger partial charge in [-0.1, -0.05) is 18.5 Å². The highest BCUT2D eigenvalue weighted by Gasteiger charge is 2.28. The number of carbonyl (C=O) groups is 1. The summed E-state index contributed by atoms with van der Waals surface area (Å²) in [5.74, 6) is 0.0456. The number of hydrogen-bond acceptors (Lipinski definition) is 3. The number of amides is 1. The van der Waals surface area contributed by atoms with E-state index >= 15 is 0 Å². The molecule has 18 heavy (non-hydrogen) atoms. The molecule has 1 aliphatic heterocycles. The van der Waals surface area contributed by atoms with Gasteiger partial charge in [0, 0.05) is 18.8 Å². The third-order valence-electron chi connectivity index (χ3n) is 3.12. The maximum absolute atomic E-state index is 11.8. The molecule has 94 valence electrons. The fourth-order valence-electron chi connectivity index (χ4n) is 2.20. The summed E-state index contributed by atoms with van der Waals surface area (Å²) in [6.45, 7) is 3.37. The van der Waals surface area contributed by atoms with Gasteiger partial charge in [-0.3, -0.25) is 4.79 Å². The molecule has 4 nitrogen and oxygen atoms in total. The van der Waals surface area contributed by atoms with Crippen molar-refractivity contribution in [2.75, 3.05) is 18.0 Å². The minimum absolute atomic E-state index is 0.0456. The minimum atomic E-state index is -0.164. The van der Waals surface area contributed by atoms with Gasteiger partial charge in [0.1, 0.15) is 12.1 Å². The van der Waals surface area contributed by atoms with Gasteiger partial charge in [0.05, 0.1) is 10.6 Å². The topological polar surface area (TPSA) is 56.1 Å². The van der Waals surface area contributed by atoms with Crippen molar-refractivity contribution in [1.29, 1.82) is 5.26 Å². The molecule has 0 aromatic heterocycles. The number of nitrogens with one attached hydrogen (secondary N) is 1. The van der Waals surface area contributed by atoms with Crippen LogP contribution >= 0.6 is 11.6 Å². The van der Waals surface area contributed by atoms with Crippen molar-refractivity contribution in [3.8, 4) is 6.07 Å². The molecule has 0 spiro atoms. The van der Waals surface area contributed by atoms with E-state index in [2.05, 4.69) is 5.32 Å². The van der Waals surface area contributed by atoms with Crippen LogP contribution in [0.25, 0.3) is 0 Å². The molecule has 0 bridgehead atoms. The summed E-state index contributed by atoms with van der Waals surface area (Å²) in [5.41, 5.74) is 1.34. The lowest BCUT2D eigenvalue weighted by Crippen LogP contribution is -2.55. The summed E-state index contributed by atoms with van der Waals surface area (Å²) in [6.07, 6.45) is 0.740. The van der Waals surface area contributed by atoms with E-state index in [1.54, 1.807) is 12.1 Å². The first-order valence-electron chi connectivity index (χ1n) is 5.91. The van der Waals surface area contributed by atoms with Crippen LogP contribution in [0.5, 0.6) is 0 Å². The smallest absolute Gasteiger partial charge is 0.242 e. The zero-order valence-corrected chi connectivity index (χ0v) is 10.9. The summed E-state index contributed by atoms with van der Waals surface area (Å²) in [5, 5.41) is 12.1. The number of carbonyl (C=O) groups excluding carboxylic acids is 1. The molecule has 1 amide bonds. The monoisotopic (exact) mass is 263 g/mol. The number of nitriles is 1. The zero-order chi connectivity index (χ0) is 13.1. The van der Waals surface area contributed by atoms with Crippen LogP contribution in [0.3, 0.4) is 0 Å². The molecular formula is C13H14ClN3O. The van der Waals surface area contributed by atoms with Crippen molar-refractivity contribution in [3.63, 3.8) is 0 Å². The molecule has 1 aliphatic rings. The van der Waals surface area contributed by atoms with Gasteiger partial charge in [-0.05, 0) is 24.6 Å². The average molecular weight is 264 g/mol. The van der Waals surface area contributed by atoms with Crippen molar-refractivity contribution in [3.05, 3.63) is 28.8 Å². The summed E-state index contributed by atoms with van der Waals surface area (Å²) in [7, 11) is 0. The first-order chi connectivity index (χ1) is 8.67. The summed E-state index contributed by atoms with van der Waals surface area (Å²) >= 11 is 6.03. The fourth-order valence-corrected chi connectivity index (χ4v) is 2.42. The average Bonchev–Trinajstić information content (AvgIpc) is 2.38. The lowest BCUT2D eigenvalue weighted by Gasteiger charge is -2.36. The van der Waals surface area contributed by atoms with E-state index < -0.39 is 0 Å². The first-order valence-corrected chi connectivity index (χ1v) is 6.29. The molecule has 1 aromatic carbocycles. The van der Waals surface area contributed by atoms with Gasteiger partial charge in [0.2, 0.25) is 5.91 Å². The van der Waals surface area contributed by atoms with Gasteiger partial charge in [-0.15, -0.1) is 0 Å². The van der Waals surface area contributed by atoms with Crippen LogP contribution in [0.2, 0.25) is 5.02 Å². The maximum Gasteiger partial charge on any atom is 0.242 e. The molecule has 0 aliphatic carbocycles. The normalized spacial score (nSPS) is 19.3. The summed E-state index contributed by atoms with van der Waals surface area (Å²) < 4.78 is 0. The Labute approximate surface area is 111 Å². The van der Waals surface area contributed by atoms with Crippen LogP contribution in [0, 0.1) is 11.3 Å². The van der Waals surface area contributed by atoms with Crippen molar-refractivity contribution < 1.29 is 4.79 Å². The molecule has 0 saturated carbocycles. The predicted molar refractivity (Wildman–Crippen MR) is 70.6 cm³/mol. The van der Waals surface area contributed by atoms with Crippen LogP contribution in [0.1, 0.15) is 18.9 Å². The molecule has 1 atom stereocenters. The second-order valence-corrected chi connectivity index (χ2v) is 4.59. The molecule has 1 aromatic rings. The van der Waals surface area contributed by atoms with E-state index in [0.717, 1.165) is 18.7 Å². The van der Waals surface area contributed by atoms with Crippen molar-refractivity contribution in [2.24, 2.45) is 0 Å².